The first-order valence-corrected chi connectivity index (χ1v) is 7.96. The highest BCUT2D eigenvalue weighted by molar-refractivity contribution is 5.76. The minimum atomic E-state index is -0.243. The van der Waals surface area contributed by atoms with Crippen molar-refractivity contribution in [1.29, 1.82) is 0 Å². The Morgan fingerprint density at radius 3 is 2.78 bits per heavy atom. The first-order chi connectivity index (χ1) is 11.1. The number of amides is 1. The van der Waals surface area contributed by atoms with Crippen molar-refractivity contribution in [3.63, 3.8) is 0 Å². The number of nitrogens with zero attached hydrogens (tertiary/aromatic N) is 3. The van der Waals surface area contributed by atoms with Crippen molar-refractivity contribution in [3.8, 4) is 0 Å². The van der Waals surface area contributed by atoms with Crippen LogP contribution in [0.2, 0.25) is 0 Å². The Morgan fingerprint density at radius 2 is 2.17 bits per heavy atom. The Morgan fingerprint density at radius 1 is 1.43 bits per heavy atom. The molecule has 1 fully saturated rings. The normalized spacial score (nSPS) is 21.5. The molecule has 2 N–H and O–H groups in total. The van der Waals surface area contributed by atoms with E-state index in [9.17, 15) is 9.90 Å². The fourth-order valence-corrected chi connectivity index (χ4v) is 3.03. The molecule has 2 aromatic heterocycles. The van der Waals surface area contributed by atoms with Gasteiger partial charge in [-0.1, -0.05) is 0 Å². The second-order valence-electron chi connectivity index (χ2n) is 6.23. The average molecular weight is 314 g/mol. The van der Waals surface area contributed by atoms with Crippen LogP contribution in [-0.4, -0.2) is 31.9 Å². The summed E-state index contributed by atoms with van der Waals surface area (Å²) in [6, 6.07) is 3.78. The summed E-state index contributed by atoms with van der Waals surface area (Å²) in [6.45, 7) is 0. The van der Waals surface area contributed by atoms with E-state index in [1.165, 1.54) is 0 Å². The van der Waals surface area contributed by atoms with E-state index >= 15 is 0 Å². The van der Waals surface area contributed by atoms with Crippen LogP contribution in [0.15, 0.2) is 36.9 Å². The van der Waals surface area contributed by atoms with Gasteiger partial charge in [0.2, 0.25) is 5.91 Å². The van der Waals surface area contributed by atoms with Crippen LogP contribution in [0.25, 0.3) is 0 Å². The van der Waals surface area contributed by atoms with Gasteiger partial charge in [0.05, 0.1) is 18.3 Å². The molecule has 2 heterocycles. The summed E-state index contributed by atoms with van der Waals surface area (Å²) in [5, 5.41) is 16.9. The molecule has 3 rings (SSSR count). The van der Waals surface area contributed by atoms with Gasteiger partial charge in [-0.2, -0.15) is 5.10 Å². The van der Waals surface area contributed by atoms with Gasteiger partial charge in [-0.3, -0.25) is 14.5 Å². The van der Waals surface area contributed by atoms with E-state index in [2.05, 4.69) is 15.4 Å². The third-order valence-corrected chi connectivity index (χ3v) is 4.41. The zero-order valence-corrected chi connectivity index (χ0v) is 13.2. The first kappa shape index (κ1) is 15.7. The van der Waals surface area contributed by atoms with E-state index in [0.29, 0.717) is 12.8 Å². The number of hydrogen-bond acceptors (Lipinski definition) is 4. The molecular weight excluding hydrogens is 292 g/mol. The van der Waals surface area contributed by atoms with Gasteiger partial charge >= 0.3 is 0 Å². The zero-order chi connectivity index (χ0) is 16.2. The molecule has 0 spiro atoms. The molecule has 1 saturated carbocycles. The summed E-state index contributed by atoms with van der Waals surface area (Å²) in [7, 11) is 1.86. The number of aliphatic hydroxyl groups excluding tert-OH is 1. The van der Waals surface area contributed by atoms with Gasteiger partial charge in [0.1, 0.15) is 0 Å². The summed E-state index contributed by atoms with van der Waals surface area (Å²) >= 11 is 0. The fourth-order valence-electron chi connectivity index (χ4n) is 3.03. The molecule has 0 aromatic carbocycles. The quantitative estimate of drug-likeness (QED) is 0.844. The summed E-state index contributed by atoms with van der Waals surface area (Å²) < 4.78 is 1.74. The lowest BCUT2D eigenvalue weighted by Crippen LogP contribution is -2.41. The highest BCUT2D eigenvalue weighted by Gasteiger charge is 2.36. The maximum atomic E-state index is 12.3. The standard InChI is InChI=1S/C17H22N4O2/c1-21-11-14(10-19-21)17(13-8-15(22)9-13)20-16(23)3-2-12-4-6-18-7-5-12/h4-7,10-11,13,15,17,22H,2-3,8-9H2,1H3,(H,20,23)/t13?,15?,17-/m1/s1. The molecule has 6 nitrogen and oxygen atoms in total. The zero-order valence-electron chi connectivity index (χ0n) is 13.2. The molecule has 6 heteroatoms. The number of hydrogen-bond donors (Lipinski definition) is 2. The lowest BCUT2D eigenvalue weighted by molar-refractivity contribution is -0.123. The Hall–Kier alpha value is -2.21. The molecule has 0 aliphatic heterocycles. The molecular formula is C17H22N4O2. The van der Waals surface area contributed by atoms with Crippen LogP contribution in [0.1, 0.15) is 36.4 Å². The maximum absolute atomic E-state index is 12.3. The van der Waals surface area contributed by atoms with Crippen LogP contribution < -0.4 is 5.32 Å². The van der Waals surface area contributed by atoms with Crippen LogP contribution >= 0.6 is 0 Å². The van der Waals surface area contributed by atoms with Crippen LogP contribution in [0.5, 0.6) is 0 Å². The van der Waals surface area contributed by atoms with Gasteiger partial charge in [0, 0.05) is 37.6 Å². The number of aliphatic hydroxyl groups is 1. The van der Waals surface area contributed by atoms with E-state index in [1.807, 2.05) is 25.4 Å². The average Bonchev–Trinajstić information content (AvgIpc) is 2.95. The van der Waals surface area contributed by atoms with Crippen LogP contribution in [0.4, 0.5) is 0 Å². The highest BCUT2D eigenvalue weighted by Crippen LogP contribution is 2.37. The van der Waals surface area contributed by atoms with Crippen LogP contribution in [-0.2, 0) is 18.3 Å². The van der Waals surface area contributed by atoms with Gasteiger partial charge in [-0.05, 0) is 42.9 Å². The second kappa shape index (κ2) is 6.91. The van der Waals surface area contributed by atoms with E-state index in [1.54, 1.807) is 23.3 Å². The Bertz CT molecular complexity index is 650. The van der Waals surface area contributed by atoms with Crippen molar-refractivity contribution < 1.29 is 9.90 Å². The van der Waals surface area contributed by atoms with E-state index in [-0.39, 0.29) is 24.0 Å². The van der Waals surface area contributed by atoms with Crippen LogP contribution in [0.3, 0.4) is 0 Å². The summed E-state index contributed by atoms with van der Waals surface area (Å²) in [5.41, 5.74) is 2.11. The van der Waals surface area contributed by atoms with Crippen molar-refractivity contribution in [2.75, 3.05) is 0 Å². The largest absolute Gasteiger partial charge is 0.393 e. The van der Waals surface area contributed by atoms with E-state index < -0.39 is 0 Å². The molecule has 1 atom stereocenters. The molecule has 1 aliphatic carbocycles. The lowest BCUT2D eigenvalue weighted by atomic mass is 9.75. The van der Waals surface area contributed by atoms with Gasteiger partial charge in [0.15, 0.2) is 0 Å². The highest BCUT2D eigenvalue weighted by atomic mass is 16.3. The first-order valence-electron chi connectivity index (χ1n) is 7.96. The van der Waals surface area contributed by atoms with Gasteiger partial charge < -0.3 is 10.4 Å². The number of nitrogens with one attached hydrogen (secondary N) is 1. The number of carbonyl (C=O) groups is 1. The van der Waals surface area contributed by atoms with Gasteiger partial charge in [-0.25, -0.2) is 0 Å². The number of carbonyl (C=O) groups excluding carboxylic acids is 1. The molecule has 0 saturated heterocycles. The maximum Gasteiger partial charge on any atom is 0.220 e. The summed E-state index contributed by atoms with van der Waals surface area (Å²) in [5.74, 6) is 0.302. The SMILES string of the molecule is Cn1cc([C@H](NC(=O)CCc2ccncc2)C2CC(O)C2)cn1. The third-order valence-electron chi connectivity index (χ3n) is 4.41. The Balaban J connectivity index is 1.60. The molecule has 23 heavy (non-hydrogen) atoms. The Labute approximate surface area is 135 Å². The molecule has 0 bridgehead atoms. The third kappa shape index (κ3) is 3.96. The van der Waals surface area contributed by atoms with Gasteiger partial charge in [-0.15, -0.1) is 0 Å². The van der Waals surface area contributed by atoms with Crippen molar-refractivity contribution in [2.45, 2.75) is 37.8 Å². The number of aryl methyl sites for hydroxylation is 2. The number of rotatable bonds is 6. The monoisotopic (exact) mass is 314 g/mol. The van der Waals surface area contributed by atoms with E-state index in [4.69, 9.17) is 0 Å². The number of aromatic nitrogens is 3. The topological polar surface area (TPSA) is 80.0 Å². The van der Waals surface area contributed by atoms with Crippen molar-refractivity contribution in [2.24, 2.45) is 13.0 Å². The minimum Gasteiger partial charge on any atom is -0.393 e. The smallest absolute Gasteiger partial charge is 0.220 e. The van der Waals surface area contributed by atoms with Crippen molar-refractivity contribution >= 4 is 5.91 Å². The molecule has 0 unspecified atom stereocenters. The number of pyridine rings is 1. The van der Waals surface area contributed by atoms with Crippen molar-refractivity contribution in [3.05, 3.63) is 48.0 Å². The predicted molar refractivity (Wildman–Crippen MR) is 85.4 cm³/mol. The summed E-state index contributed by atoms with van der Waals surface area (Å²) in [4.78, 5) is 16.3. The fraction of sp³-hybridized carbons (Fsp3) is 0.471. The summed E-state index contributed by atoms with van der Waals surface area (Å²) in [6.07, 6.45) is 9.54. The van der Waals surface area contributed by atoms with E-state index in [0.717, 1.165) is 24.0 Å². The predicted octanol–water partition coefficient (Wildman–Crippen LogP) is 1.38. The molecule has 122 valence electrons. The van der Waals surface area contributed by atoms with Crippen LogP contribution in [0, 0.1) is 5.92 Å². The molecule has 2 aromatic rings. The Kier molecular flexibility index (Phi) is 4.71. The molecule has 1 aliphatic rings. The minimum absolute atomic E-state index is 0.0251. The van der Waals surface area contributed by atoms with Gasteiger partial charge in [0.25, 0.3) is 0 Å². The van der Waals surface area contributed by atoms with Crippen molar-refractivity contribution in [1.82, 2.24) is 20.1 Å². The lowest BCUT2D eigenvalue weighted by Gasteiger charge is -2.37. The molecule has 0 radical (unpaired) electrons. The second-order valence-corrected chi connectivity index (χ2v) is 6.23. The molecule has 1 amide bonds.